The van der Waals surface area contributed by atoms with E-state index in [9.17, 15) is 4.79 Å². The van der Waals surface area contributed by atoms with Crippen LogP contribution in [0.15, 0.2) is 21.6 Å². The highest BCUT2D eigenvalue weighted by molar-refractivity contribution is 9.10. The summed E-state index contributed by atoms with van der Waals surface area (Å²) in [5.74, 6) is 0.944. The summed E-state index contributed by atoms with van der Waals surface area (Å²) in [5, 5.41) is 0. The summed E-state index contributed by atoms with van der Waals surface area (Å²) in [5.41, 5.74) is 1.98. The summed E-state index contributed by atoms with van der Waals surface area (Å²) in [6.07, 6.45) is 7.02. The minimum atomic E-state index is -0.356. The number of hydrogen-bond acceptors (Lipinski definition) is 3. The minimum absolute atomic E-state index is 0.218. The molecule has 1 saturated carbocycles. The second-order valence-corrected chi connectivity index (χ2v) is 6.38. The average Bonchev–Trinajstić information content (AvgIpc) is 2.96. The molecule has 0 saturated heterocycles. The second kappa shape index (κ2) is 4.77. The smallest absolute Gasteiger partial charge is 0.235 e. The summed E-state index contributed by atoms with van der Waals surface area (Å²) in [4.78, 5) is 14.9. The van der Waals surface area contributed by atoms with Gasteiger partial charge in [-0.25, -0.2) is 4.79 Å². The van der Waals surface area contributed by atoms with Crippen molar-refractivity contribution in [2.24, 2.45) is 4.99 Å². The maximum absolute atomic E-state index is 10.8. The molecule has 0 amide bonds. The molecule has 0 aromatic heterocycles. The van der Waals surface area contributed by atoms with Crippen LogP contribution in [-0.4, -0.2) is 12.2 Å². The molecule has 0 bridgehead atoms. The summed E-state index contributed by atoms with van der Waals surface area (Å²) >= 11 is 3.58. The molecular weight excluding hydrogens is 306 g/mol. The maximum Gasteiger partial charge on any atom is 0.235 e. The van der Waals surface area contributed by atoms with E-state index in [2.05, 4.69) is 40.0 Å². The van der Waals surface area contributed by atoms with Gasteiger partial charge in [0.1, 0.15) is 11.9 Å². The first-order valence-corrected chi connectivity index (χ1v) is 7.52. The second-order valence-electron chi connectivity index (χ2n) is 5.52. The van der Waals surface area contributed by atoms with Crippen LogP contribution < -0.4 is 4.74 Å². The lowest BCUT2D eigenvalue weighted by molar-refractivity contribution is 0.253. The Hall–Kier alpha value is -1.12. The monoisotopic (exact) mass is 321 g/mol. The van der Waals surface area contributed by atoms with E-state index in [0.29, 0.717) is 0 Å². The van der Waals surface area contributed by atoms with Crippen molar-refractivity contribution >= 4 is 22.0 Å². The molecule has 0 N–H and O–H groups in total. The Kier molecular flexibility index (Phi) is 3.23. The quantitative estimate of drug-likeness (QED) is 0.612. The zero-order valence-corrected chi connectivity index (χ0v) is 12.5. The first-order chi connectivity index (χ1) is 9.14. The highest BCUT2D eigenvalue weighted by Gasteiger charge is 2.37. The minimum Gasteiger partial charge on any atom is -0.489 e. The van der Waals surface area contributed by atoms with Gasteiger partial charge in [0.05, 0.1) is 10.0 Å². The van der Waals surface area contributed by atoms with Gasteiger partial charge in [-0.15, -0.1) is 0 Å². The molecule has 1 heterocycles. The van der Waals surface area contributed by atoms with Gasteiger partial charge < -0.3 is 4.74 Å². The Morgan fingerprint density at radius 1 is 1.42 bits per heavy atom. The van der Waals surface area contributed by atoms with Gasteiger partial charge in [-0.2, -0.15) is 4.99 Å². The first-order valence-electron chi connectivity index (χ1n) is 6.73. The fraction of sp³-hybridized carbons (Fsp3) is 0.533. The van der Waals surface area contributed by atoms with Gasteiger partial charge in [-0.05, 0) is 59.0 Å². The largest absolute Gasteiger partial charge is 0.489 e. The van der Waals surface area contributed by atoms with Crippen LogP contribution in [0, 0.1) is 0 Å². The molecule has 19 heavy (non-hydrogen) atoms. The van der Waals surface area contributed by atoms with Crippen molar-refractivity contribution in [3.63, 3.8) is 0 Å². The number of halogens is 1. The summed E-state index contributed by atoms with van der Waals surface area (Å²) in [6, 6.07) is 4.22. The zero-order valence-electron chi connectivity index (χ0n) is 10.9. The Balaban J connectivity index is 2.09. The fourth-order valence-electron chi connectivity index (χ4n) is 3.27. The van der Waals surface area contributed by atoms with Crippen molar-refractivity contribution in [1.82, 2.24) is 0 Å². The van der Waals surface area contributed by atoms with E-state index in [4.69, 9.17) is 4.74 Å². The number of nitrogens with zero attached hydrogens (tertiary/aromatic N) is 1. The molecule has 1 aliphatic heterocycles. The number of benzene rings is 1. The van der Waals surface area contributed by atoms with Gasteiger partial charge in [-0.1, -0.05) is 12.8 Å². The van der Waals surface area contributed by atoms with Crippen LogP contribution in [0.5, 0.6) is 5.75 Å². The SMILES string of the molecule is CC1Cc2cc(C3(N=C=O)CCCC3)cc(Br)c2O1. The van der Waals surface area contributed by atoms with Crippen molar-refractivity contribution in [3.8, 4) is 5.75 Å². The van der Waals surface area contributed by atoms with Crippen molar-refractivity contribution in [1.29, 1.82) is 0 Å². The molecule has 2 aliphatic rings. The van der Waals surface area contributed by atoms with Crippen molar-refractivity contribution < 1.29 is 9.53 Å². The zero-order chi connectivity index (χ0) is 13.5. The number of aliphatic imine (C=N–C) groups is 1. The van der Waals surface area contributed by atoms with E-state index < -0.39 is 0 Å². The number of isocyanates is 1. The third kappa shape index (κ3) is 2.13. The highest BCUT2D eigenvalue weighted by atomic mass is 79.9. The molecule has 1 aromatic rings. The molecule has 0 spiro atoms. The predicted molar refractivity (Wildman–Crippen MR) is 76.2 cm³/mol. The van der Waals surface area contributed by atoms with Gasteiger partial charge in [-0.3, -0.25) is 0 Å². The van der Waals surface area contributed by atoms with Gasteiger partial charge in [0.2, 0.25) is 6.08 Å². The Morgan fingerprint density at radius 2 is 2.16 bits per heavy atom. The van der Waals surface area contributed by atoms with Crippen LogP contribution >= 0.6 is 15.9 Å². The molecule has 4 heteroatoms. The summed E-state index contributed by atoms with van der Waals surface area (Å²) in [7, 11) is 0. The molecule has 100 valence electrons. The Labute approximate surface area is 121 Å². The standard InChI is InChI=1S/C15H16BrNO2/c1-10-6-11-7-12(8-13(16)14(11)19-10)15(17-9-18)4-2-3-5-15/h7-8,10H,2-6H2,1H3. The van der Waals surface area contributed by atoms with E-state index in [0.717, 1.165) is 47.9 Å². The number of carbonyl (C=O) groups excluding carboxylic acids is 1. The van der Waals surface area contributed by atoms with Crippen molar-refractivity contribution in [2.75, 3.05) is 0 Å². The van der Waals surface area contributed by atoms with E-state index >= 15 is 0 Å². The Bertz CT molecular complexity index is 558. The third-order valence-electron chi connectivity index (χ3n) is 4.17. The van der Waals surface area contributed by atoms with Crippen LogP contribution in [0.25, 0.3) is 0 Å². The Morgan fingerprint density at radius 3 is 2.84 bits per heavy atom. The summed E-state index contributed by atoms with van der Waals surface area (Å²) in [6.45, 7) is 2.07. The molecule has 1 unspecified atom stereocenters. The first kappa shape index (κ1) is 12.9. The predicted octanol–water partition coefficient (Wildman–Crippen LogP) is 3.88. The van der Waals surface area contributed by atoms with Crippen LogP contribution in [0.4, 0.5) is 0 Å². The maximum atomic E-state index is 10.8. The molecule has 1 atom stereocenters. The molecular formula is C15H16BrNO2. The number of ether oxygens (including phenoxy) is 1. The molecule has 0 radical (unpaired) electrons. The average molecular weight is 322 g/mol. The number of fused-ring (bicyclic) bond motifs is 1. The molecule has 1 fully saturated rings. The fourth-order valence-corrected chi connectivity index (χ4v) is 3.86. The van der Waals surface area contributed by atoms with Gasteiger partial charge in [0.25, 0.3) is 0 Å². The van der Waals surface area contributed by atoms with Crippen molar-refractivity contribution in [3.05, 3.63) is 27.7 Å². The van der Waals surface area contributed by atoms with E-state index in [-0.39, 0.29) is 11.6 Å². The molecule has 3 rings (SSSR count). The number of rotatable bonds is 2. The van der Waals surface area contributed by atoms with E-state index in [1.807, 2.05) is 0 Å². The van der Waals surface area contributed by atoms with Gasteiger partial charge >= 0.3 is 0 Å². The molecule has 3 nitrogen and oxygen atoms in total. The molecule has 1 aromatic carbocycles. The van der Waals surface area contributed by atoms with Crippen LogP contribution in [0.1, 0.15) is 43.7 Å². The normalized spacial score (nSPS) is 23.6. The lowest BCUT2D eigenvalue weighted by Crippen LogP contribution is -2.19. The van der Waals surface area contributed by atoms with Crippen LogP contribution in [-0.2, 0) is 16.8 Å². The van der Waals surface area contributed by atoms with Gasteiger partial charge in [0, 0.05) is 6.42 Å². The topological polar surface area (TPSA) is 38.7 Å². The number of hydrogen-bond donors (Lipinski definition) is 0. The lowest BCUT2D eigenvalue weighted by atomic mass is 9.87. The van der Waals surface area contributed by atoms with Crippen LogP contribution in [0.3, 0.4) is 0 Å². The third-order valence-corrected chi connectivity index (χ3v) is 4.76. The van der Waals surface area contributed by atoms with Crippen molar-refractivity contribution in [2.45, 2.75) is 50.7 Å². The van der Waals surface area contributed by atoms with E-state index in [1.165, 1.54) is 5.56 Å². The van der Waals surface area contributed by atoms with Gasteiger partial charge in [0.15, 0.2) is 0 Å². The lowest BCUT2D eigenvalue weighted by Gasteiger charge is -2.23. The molecule has 1 aliphatic carbocycles. The highest BCUT2D eigenvalue weighted by Crippen LogP contribution is 2.46. The van der Waals surface area contributed by atoms with Crippen LogP contribution in [0.2, 0.25) is 0 Å². The van der Waals surface area contributed by atoms with E-state index in [1.54, 1.807) is 6.08 Å². The summed E-state index contributed by atoms with van der Waals surface area (Å²) < 4.78 is 6.76.